The molecule has 0 saturated carbocycles. The minimum atomic E-state index is 0. The standard InChI is InChI=1S/C9H7NS.Na/c11-9-5-1-4-8-7(9)3-2-6-10-8;/h1-6,11H;/q;+1/p-1. The van der Waals surface area contributed by atoms with Crippen LogP contribution in [0, 0.1) is 0 Å². The summed E-state index contributed by atoms with van der Waals surface area (Å²) in [4.78, 5) is 5.05. The van der Waals surface area contributed by atoms with Crippen LogP contribution in [0.25, 0.3) is 10.9 Å². The third-order valence-corrected chi connectivity index (χ3v) is 1.96. The fraction of sp³-hybridized carbons (Fsp3) is 0. The van der Waals surface area contributed by atoms with E-state index in [-0.39, 0.29) is 29.6 Å². The van der Waals surface area contributed by atoms with Crippen molar-refractivity contribution in [2.45, 2.75) is 4.90 Å². The normalized spacial score (nSPS) is 9.33. The molecule has 12 heavy (non-hydrogen) atoms. The van der Waals surface area contributed by atoms with Gasteiger partial charge in [0.15, 0.2) is 0 Å². The predicted octanol–water partition coefficient (Wildman–Crippen LogP) is -0.855. The largest absolute Gasteiger partial charge is 1.00 e. The number of pyridine rings is 1. The van der Waals surface area contributed by atoms with Crippen LogP contribution in [0.5, 0.6) is 0 Å². The van der Waals surface area contributed by atoms with Crippen molar-refractivity contribution in [3.8, 4) is 0 Å². The van der Waals surface area contributed by atoms with E-state index in [1.54, 1.807) is 6.20 Å². The molecule has 0 aliphatic carbocycles. The Bertz CT molecular complexity index is 384. The summed E-state index contributed by atoms with van der Waals surface area (Å²) in [5.74, 6) is 0. The molecule has 0 N–H and O–H groups in total. The predicted molar refractivity (Wildman–Crippen MR) is 47.4 cm³/mol. The van der Waals surface area contributed by atoms with Gasteiger partial charge in [0.1, 0.15) is 0 Å². The van der Waals surface area contributed by atoms with Gasteiger partial charge < -0.3 is 12.6 Å². The van der Waals surface area contributed by atoms with Crippen LogP contribution in [0.2, 0.25) is 0 Å². The minimum Gasteiger partial charge on any atom is -0.779 e. The minimum absolute atomic E-state index is 0. The van der Waals surface area contributed by atoms with E-state index in [1.807, 2.05) is 30.3 Å². The molecule has 54 valence electrons. The zero-order valence-corrected chi connectivity index (χ0v) is 9.64. The van der Waals surface area contributed by atoms with E-state index in [0.29, 0.717) is 0 Å². The van der Waals surface area contributed by atoms with E-state index in [4.69, 9.17) is 12.6 Å². The van der Waals surface area contributed by atoms with Gasteiger partial charge >= 0.3 is 29.6 Å². The maximum Gasteiger partial charge on any atom is 1.00 e. The summed E-state index contributed by atoms with van der Waals surface area (Å²) in [6.45, 7) is 0. The number of rotatable bonds is 0. The molecular formula is C9H6NNaS. The number of fused-ring (bicyclic) bond motifs is 1. The Kier molecular flexibility index (Phi) is 3.47. The molecule has 1 heterocycles. The molecule has 0 saturated heterocycles. The van der Waals surface area contributed by atoms with Gasteiger partial charge in [0.25, 0.3) is 0 Å². The molecule has 3 heteroatoms. The number of aromatic nitrogens is 1. The van der Waals surface area contributed by atoms with E-state index >= 15 is 0 Å². The molecule has 0 amide bonds. The Morgan fingerprint density at radius 1 is 1.08 bits per heavy atom. The van der Waals surface area contributed by atoms with Crippen molar-refractivity contribution in [1.82, 2.24) is 4.98 Å². The fourth-order valence-electron chi connectivity index (χ4n) is 1.08. The smallest absolute Gasteiger partial charge is 0.779 e. The van der Waals surface area contributed by atoms with Gasteiger partial charge in [-0.15, -0.1) is 0 Å². The van der Waals surface area contributed by atoms with Crippen molar-refractivity contribution in [2.75, 3.05) is 0 Å². The van der Waals surface area contributed by atoms with Crippen molar-refractivity contribution >= 4 is 23.5 Å². The zero-order chi connectivity index (χ0) is 7.68. The molecule has 0 fully saturated rings. The van der Waals surface area contributed by atoms with Crippen LogP contribution in [0.15, 0.2) is 41.4 Å². The third kappa shape index (κ3) is 1.77. The topological polar surface area (TPSA) is 12.9 Å². The van der Waals surface area contributed by atoms with Crippen LogP contribution in [-0.2, 0) is 12.6 Å². The number of benzene rings is 1. The van der Waals surface area contributed by atoms with Gasteiger partial charge in [0, 0.05) is 6.20 Å². The van der Waals surface area contributed by atoms with Gasteiger partial charge in [0.05, 0.1) is 5.52 Å². The van der Waals surface area contributed by atoms with Crippen LogP contribution in [0.3, 0.4) is 0 Å². The van der Waals surface area contributed by atoms with Gasteiger partial charge in [-0.1, -0.05) is 18.2 Å². The molecule has 0 spiro atoms. The Morgan fingerprint density at radius 3 is 2.67 bits per heavy atom. The van der Waals surface area contributed by atoms with Gasteiger partial charge in [-0.3, -0.25) is 4.98 Å². The molecular weight excluding hydrogens is 177 g/mol. The summed E-state index contributed by atoms with van der Waals surface area (Å²) in [5, 5.41) is 1.06. The first-order chi connectivity index (χ1) is 5.38. The van der Waals surface area contributed by atoms with E-state index < -0.39 is 0 Å². The third-order valence-electron chi connectivity index (χ3n) is 1.61. The van der Waals surface area contributed by atoms with E-state index in [1.165, 1.54) is 0 Å². The van der Waals surface area contributed by atoms with Gasteiger partial charge in [-0.25, -0.2) is 0 Å². The van der Waals surface area contributed by atoms with Crippen molar-refractivity contribution < 1.29 is 29.6 Å². The molecule has 1 aromatic heterocycles. The second kappa shape index (κ2) is 4.19. The van der Waals surface area contributed by atoms with Crippen LogP contribution in [-0.4, -0.2) is 4.98 Å². The summed E-state index contributed by atoms with van der Waals surface area (Å²) in [5.41, 5.74) is 0.972. The Balaban J connectivity index is 0.000000720. The van der Waals surface area contributed by atoms with E-state index in [0.717, 1.165) is 15.8 Å². The second-order valence-corrected chi connectivity index (χ2v) is 2.77. The summed E-state index contributed by atoms with van der Waals surface area (Å²) < 4.78 is 0. The van der Waals surface area contributed by atoms with Crippen LogP contribution >= 0.6 is 0 Å². The monoisotopic (exact) mass is 183 g/mol. The summed E-state index contributed by atoms with van der Waals surface area (Å²) >= 11 is 5.11. The SMILES string of the molecule is [Na+].[S-]c1cccc2ncccc12. The fourth-order valence-corrected chi connectivity index (χ4v) is 1.33. The van der Waals surface area contributed by atoms with Gasteiger partial charge in [-0.2, -0.15) is 4.90 Å². The molecule has 2 aromatic rings. The van der Waals surface area contributed by atoms with Crippen molar-refractivity contribution in [3.63, 3.8) is 0 Å². The van der Waals surface area contributed by atoms with E-state index in [9.17, 15) is 0 Å². The van der Waals surface area contributed by atoms with Gasteiger partial charge in [-0.05, 0) is 17.5 Å². The Labute approximate surface area is 98.9 Å². The zero-order valence-electron chi connectivity index (χ0n) is 6.82. The molecule has 0 aliphatic heterocycles. The maximum atomic E-state index is 5.11. The average molecular weight is 183 g/mol. The Hall–Kier alpha value is -0.150. The first-order valence-corrected chi connectivity index (χ1v) is 3.79. The Morgan fingerprint density at radius 2 is 1.92 bits per heavy atom. The number of hydrogen-bond donors (Lipinski definition) is 0. The first-order valence-electron chi connectivity index (χ1n) is 3.39. The average Bonchev–Trinajstić information content (AvgIpc) is 2.06. The van der Waals surface area contributed by atoms with Crippen molar-refractivity contribution in [3.05, 3.63) is 36.5 Å². The first kappa shape index (κ1) is 9.93. The summed E-state index contributed by atoms with van der Waals surface area (Å²) in [6.07, 6.45) is 1.77. The molecule has 0 radical (unpaired) electrons. The molecule has 2 rings (SSSR count). The molecule has 0 aliphatic rings. The molecule has 1 nitrogen and oxygen atoms in total. The molecule has 0 unspecified atom stereocenters. The van der Waals surface area contributed by atoms with Gasteiger partial charge in [0.2, 0.25) is 0 Å². The van der Waals surface area contributed by atoms with Crippen molar-refractivity contribution in [1.29, 1.82) is 0 Å². The second-order valence-electron chi connectivity index (χ2n) is 2.33. The van der Waals surface area contributed by atoms with Crippen molar-refractivity contribution in [2.24, 2.45) is 0 Å². The van der Waals surface area contributed by atoms with Crippen LogP contribution < -0.4 is 29.6 Å². The molecule has 0 bridgehead atoms. The number of hydrogen-bond acceptors (Lipinski definition) is 2. The number of nitrogens with zero attached hydrogens (tertiary/aromatic N) is 1. The quantitative estimate of drug-likeness (QED) is 0.389. The molecule has 0 atom stereocenters. The maximum absolute atomic E-state index is 5.11. The van der Waals surface area contributed by atoms with E-state index in [2.05, 4.69) is 4.98 Å². The summed E-state index contributed by atoms with van der Waals surface area (Å²) in [7, 11) is 0. The summed E-state index contributed by atoms with van der Waals surface area (Å²) in [6, 6.07) is 9.70. The molecule has 1 aromatic carbocycles. The van der Waals surface area contributed by atoms with Crippen LogP contribution in [0.1, 0.15) is 0 Å². The van der Waals surface area contributed by atoms with Crippen LogP contribution in [0.4, 0.5) is 0 Å².